The van der Waals surface area contributed by atoms with E-state index in [9.17, 15) is 9.59 Å². The lowest BCUT2D eigenvalue weighted by molar-refractivity contribution is -0.138. The normalized spacial score (nSPS) is 27.1. The van der Waals surface area contributed by atoms with Crippen molar-refractivity contribution < 1.29 is 9.59 Å². The molecule has 2 aliphatic heterocycles. The van der Waals surface area contributed by atoms with Crippen LogP contribution in [0.5, 0.6) is 0 Å². The molecular weight excluding hydrogens is 252 g/mol. The maximum absolute atomic E-state index is 11.7. The van der Waals surface area contributed by atoms with Crippen LogP contribution in [0.25, 0.3) is 0 Å². The quantitative estimate of drug-likeness (QED) is 0.572. The highest BCUT2D eigenvalue weighted by molar-refractivity contribution is 6.01. The second-order valence-corrected chi connectivity index (χ2v) is 6.61. The van der Waals surface area contributed by atoms with Crippen molar-refractivity contribution in [3.05, 3.63) is 12.7 Å². The van der Waals surface area contributed by atoms with Crippen molar-refractivity contribution in [2.75, 3.05) is 19.6 Å². The minimum Gasteiger partial charge on any atom is -0.298 e. The van der Waals surface area contributed by atoms with Gasteiger partial charge < -0.3 is 0 Å². The van der Waals surface area contributed by atoms with E-state index >= 15 is 0 Å². The van der Waals surface area contributed by atoms with Gasteiger partial charge in [-0.3, -0.25) is 19.4 Å². The lowest BCUT2D eigenvalue weighted by atomic mass is 9.75. The number of amides is 2. The van der Waals surface area contributed by atoms with Gasteiger partial charge in [0.15, 0.2) is 0 Å². The minimum absolute atomic E-state index is 0.00783. The number of hydrogen-bond acceptors (Lipinski definition) is 3. The van der Waals surface area contributed by atoms with Crippen LogP contribution in [0.15, 0.2) is 12.7 Å². The minimum atomic E-state index is -0.00783. The van der Waals surface area contributed by atoms with E-state index in [4.69, 9.17) is 0 Å². The zero-order valence-corrected chi connectivity index (χ0v) is 12.7. The van der Waals surface area contributed by atoms with Gasteiger partial charge in [0.1, 0.15) is 0 Å². The zero-order valence-electron chi connectivity index (χ0n) is 12.7. The number of piperidine rings is 1. The summed E-state index contributed by atoms with van der Waals surface area (Å²) in [5.41, 5.74) is 0.269. The van der Waals surface area contributed by atoms with E-state index < -0.39 is 0 Å². The van der Waals surface area contributed by atoms with Crippen LogP contribution in [0, 0.1) is 5.41 Å². The number of nitrogens with zero attached hydrogens (tertiary/aromatic N) is 2. The van der Waals surface area contributed by atoms with Crippen LogP contribution in [0.2, 0.25) is 0 Å². The van der Waals surface area contributed by atoms with Gasteiger partial charge in [-0.1, -0.05) is 19.9 Å². The van der Waals surface area contributed by atoms with Crippen molar-refractivity contribution >= 4 is 11.8 Å². The highest BCUT2D eigenvalue weighted by Gasteiger charge is 2.37. The summed E-state index contributed by atoms with van der Waals surface area (Å²) in [7, 11) is 0. The molecule has 0 spiro atoms. The van der Waals surface area contributed by atoms with Crippen LogP contribution in [0.4, 0.5) is 0 Å². The third-order valence-corrected chi connectivity index (χ3v) is 4.76. The summed E-state index contributed by atoms with van der Waals surface area (Å²) in [6.07, 6.45) is 6.14. The lowest BCUT2D eigenvalue weighted by Crippen LogP contribution is -2.52. The zero-order chi connectivity index (χ0) is 14.8. The SMILES string of the molecule is C=CCC1N(CCN2C(=O)CCC2=O)CCCC1(C)C. The van der Waals surface area contributed by atoms with E-state index in [0.717, 1.165) is 19.5 Å². The van der Waals surface area contributed by atoms with Gasteiger partial charge in [0.25, 0.3) is 0 Å². The number of carbonyl (C=O) groups excluding carboxylic acids is 2. The summed E-state index contributed by atoms with van der Waals surface area (Å²) in [5.74, 6) is -0.0157. The van der Waals surface area contributed by atoms with Gasteiger partial charge in [-0.05, 0) is 31.2 Å². The van der Waals surface area contributed by atoms with Gasteiger partial charge in [0, 0.05) is 32.0 Å². The van der Waals surface area contributed by atoms with Crippen LogP contribution in [0.3, 0.4) is 0 Å². The Hall–Kier alpha value is -1.16. The number of hydrogen-bond donors (Lipinski definition) is 0. The van der Waals surface area contributed by atoms with Crippen molar-refractivity contribution in [2.24, 2.45) is 5.41 Å². The molecule has 0 saturated carbocycles. The van der Waals surface area contributed by atoms with Crippen LogP contribution < -0.4 is 0 Å². The Kier molecular flexibility index (Phi) is 4.63. The Morgan fingerprint density at radius 2 is 1.90 bits per heavy atom. The first-order valence-corrected chi connectivity index (χ1v) is 7.64. The highest BCUT2D eigenvalue weighted by Crippen LogP contribution is 2.36. The Bertz CT molecular complexity index is 387. The molecule has 0 N–H and O–H groups in total. The van der Waals surface area contributed by atoms with Crippen LogP contribution >= 0.6 is 0 Å². The van der Waals surface area contributed by atoms with E-state index in [1.165, 1.54) is 17.7 Å². The molecule has 2 rings (SSSR count). The van der Waals surface area contributed by atoms with E-state index in [0.29, 0.717) is 25.4 Å². The van der Waals surface area contributed by atoms with Gasteiger partial charge in [0.05, 0.1) is 0 Å². The van der Waals surface area contributed by atoms with Crippen molar-refractivity contribution in [1.82, 2.24) is 9.80 Å². The van der Waals surface area contributed by atoms with E-state index in [2.05, 4.69) is 25.3 Å². The molecular formula is C16H26N2O2. The van der Waals surface area contributed by atoms with Gasteiger partial charge in [-0.25, -0.2) is 0 Å². The van der Waals surface area contributed by atoms with Crippen LogP contribution in [0.1, 0.15) is 46.0 Å². The van der Waals surface area contributed by atoms with Crippen molar-refractivity contribution in [2.45, 2.75) is 52.0 Å². The molecule has 20 heavy (non-hydrogen) atoms. The molecule has 2 heterocycles. The number of rotatable bonds is 5. The molecule has 0 aromatic heterocycles. The summed E-state index contributed by atoms with van der Waals surface area (Å²) >= 11 is 0. The third kappa shape index (κ3) is 3.11. The molecule has 2 amide bonds. The Morgan fingerprint density at radius 3 is 2.50 bits per heavy atom. The predicted molar refractivity (Wildman–Crippen MR) is 79.1 cm³/mol. The van der Waals surface area contributed by atoms with Crippen LogP contribution in [-0.4, -0.2) is 47.3 Å². The fraction of sp³-hybridized carbons (Fsp3) is 0.750. The van der Waals surface area contributed by atoms with Crippen molar-refractivity contribution in [1.29, 1.82) is 0 Å². The summed E-state index contributed by atoms with van der Waals surface area (Å²) in [4.78, 5) is 27.2. The molecule has 1 unspecified atom stereocenters. The number of likely N-dealkylation sites (tertiary alicyclic amines) is 2. The summed E-state index contributed by atoms with van der Waals surface area (Å²) in [6.45, 7) is 10.9. The maximum atomic E-state index is 11.7. The second-order valence-electron chi connectivity index (χ2n) is 6.61. The number of imide groups is 1. The maximum Gasteiger partial charge on any atom is 0.229 e. The molecule has 112 valence electrons. The van der Waals surface area contributed by atoms with E-state index in [-0.39, 0.29) is 17.2 Å². The molecule has 2 aliphatic rings. The second kappa shape index (κ2) is 6.08. The fourth-order valence-corrected chi connectivity index (χ4v) is 3.55. The monoisotopic (exact) mass is 278 g/mol. The standard InChI is InChI=1S/C16H26N2O2/c1-4-6-13-16(2,3)9-5-10-17(13)11-12-18-14(19)7-8-15(18)20/h4,13H,1,5-12H2,2-3H3. The third-order valence-electron chi connectivity index (χ3n) is 4.76. The topological polar surface area (TPSA) is 40.6 Å². The van der Waals surface area contributed by atoms with Gasteiger partial charge in [-0.2, -0.15) is 0 Å². The Balaban J connectivity index is 1.97. The van der Waals surface area contributed by atoms with Gasteiger partial charge in [-0.15, -0.1) is 6.58 Å². The first kappa shape index (κ1) is 15.2. The van der Waals surface area contributed by atoms with Crippen LogP contribution in [-0.2, 0) is 9.59 Å². The molecule has 0 bridgehead atoms. The molecule has 0 aliphatic carbocycles. The molecule has 1 atom stereocenters. The number of carbonyl (C=O) groups is 2. The summed E-state index contributed by atoms with van der Waals surface area (Å²) < 4.78 is 0. The first-order valence-electron chi connectivity index (χ1n) is 7.64. The van der Waals surface area contributed by atoms with E-state index in [1.807, 2.05) is 6.08 Å². The summed E-state index contributed by atoms with van der Waals surface area (Å²) in [5, 5.41) is 0. The highest BCUT2D eigenvalue weighted by atomic mass is 16.2. The van der Waals surface area contributed by atoms with E-state index in [1.54, 1.807) is 0 Å². The molecule has 4 nitrogen and oxygen atoms in total. The first-order chi connectivity index (χ1) is 9.45. The van der Waals surface area contributed by atoms with Gasteiger partial charge in [0.2, 0.25) is 11.8 Å². The molecule has 4 heteroatoms. The molecule has 0 aromatic carbocycles. The Labute approximate surface area is 121 Å². The molecule has 0 radical (unpaired) electrons. The molecule has 2 fully saturated rings. The average molecular weight is 278 g/mol. The smallest absolute Gasteiger partial charge is 0.229 e. The van der Waals surface area contributed by atoms with Crippen molar-refractivity contribution in [3.63, 3.8) is 0 Å². The fourth-order valence-electron chi connectivity index (χ4n) is 3.55. The van der Waals surface area contributed by atoms with Gasteiger partial charge >= 0.3 is 0 Å². The molecule has 0 aromatic rings. The Morgan fingerprint density at radius 1 is 1.25 bits per heavy atom. The summed E-state index contributed by atoms with van der Waals surface area (Å²) in [6, 6.07) is 0.460. The largest absolute Gasteiger partial charge is 0.298 e. The lowest BCUT2D eigenvalue weighted by Gasteiger charge is -2.46. The van der Waals surface area contributed by atoms with Crippen molar-refractivity contribution in [3.8, 4) is 0 Å². The molecule has 2 saturated heterocycles. The average Bonchev–Trinajstić information content (AvgIpc) is 2.70. The predicted octanol–water partition coefficient (Wildman–Crippen LogP) is 2.20.